The summed E-state index contributed by atoms with van der Waals surface area (Å²) in [7, 11) is 0. The molecule has 0 bridgehead atoms. The summed E-state index contributed by atoms with van der Waals surface area (Å²) in [5, 5.41) is 8.53. The number of hydrogen-bond acceptors (Lipinski definition) is 3. The average molecular weight is 192 g/mol. The highest BCUT2D eigenvalue weighted by molar-refractivity contribution is 5.69. The highest BCUT2D eigenvalue weighted by atomic mass is 16.5. The summed E-state index contributed by atoms with van der Waals surface area (Å²) < 4.78 is 4.72. The van der Waals surface area contributed by atoms with Crippen molar-refractivity contribution in [3.05, 3.63) is 22.7 Å². The predicted octanol–water partition coefficient (Wildman–Crippen LogP) is 2.05. The summed E-state index contributed by atoms with van der Waals surface area (Å²) in [6.07, 6.45) is 0.629. The van der Waals surface area contributed by atoms with E-state index in [4.69, 9.17) is 16.6 Å². The lowest BCUT2D eigenvalue weighted by atomic mass is 10.1. The largest absolute Gasteiger partial charge is 0.466 e. The van der Waals surface area contributed by atoms with E-state index in [0.29, 0.717) is 18.6 Å². The van der Waals surface area contributed by atoms with Gasteiger partial charge in [-0.1, -0.05) is 12.5 Å². The Morgan fingerprint density at radius 3 is 2.64 bits per heavy atom. The summed E-state index contributed by atoms with van der Waals surface area (Å²) in [4.78, 5) is 14.0. The fraction of sp³-hybridized carbons (Fsp3) is 0.500. The molecule has 4 nitrogen and oxygen atoms in total. The van der Waals surface area contributed by atoms with Crippen LogP contribution in [0.2, 0.25) is 0 Å². The summed E-state index contributed by atoms with van der Waals surface area (Å²) in [6.45, 7) is 10.5. The first-order chi connectivity index (χ1) is 6.65. The molecule has 0 fully saturated rings. The molecule has 0 spiro atoms. The van der Waals surface area contributed by atoms with Crippen LogP contribution in [-0.4, -0.2) is 12.6 Å². The Labute approximate surface area is 83.6 Å². The number of allylic oxidation sites excluding steroid dienone is 2. The van der Waals surface area contributed by atoms with E-state index in [0.717, 1.165) is 0 Å². The van der Waals surface area contributed by atoms with Crippen molar-refractivity contribution in [1.82, 2.24) is 0 Å². The predicted molar refractivity (Wildman–Crippen MR) is 50.8 cm³/mol. The molecule has 0 atom stereocenters. The van der Waals surface area contributed by atoms with Crippen LogP contribution in [0.3, 0.4) is 0 Å². The van der Waals surface area contributed by atoms with E-state index >= 15 is 0 Å². The third-order valence-electron chi connectivity index (χ3n) is 1.63. The molecule has 14 heavy (non-hydrogen) atoms. The minimum atomic E-state index is -0.297. The van der Waals surface area contributed by atoms with Crippen LogP contribution in [-0.2, 0) is 9.53 Å². The van der Waals surface area contributed by atoms with Gasteiger partial charge >= 0.3 is 5.97 Å². The Balaban J connectivity index is 4.16. The van der Waals surface area contributed by atoms with Gasteiger partial charge in [-0.2, -0.15) is 0 Å². The third kappa shape index (κ3) is 4.27. The number of hydrogen-bond donors (Lipinski definition) is 0. The number of esters is 1. The number of carbonyl (C=O) groups excluding carboxylic acids is 1. The first-order valence-corrected chi connectivity index (χ1v) is 4.28. The zero-order chi connectivity index (χ0) is 11.0. The Hall–Kier alpha value is -1.81. The number of rotatable bonds is 4. The van der Waals surface area contributed by atoms with Gasteiger partial charge in [0.25, 0.3) is 5.70 Å². The maximum atomic E-state index is 10.9. The van der Waals surface area contributed by atoms with Crippen LogP contribution in [0, 0.1) is 17.9 Å². The van der Waals surface area contributed by atoms with Gasteiger partial charge in [-0.25, -0.2) is 10.1 Å². The topological polar surface area (TPSA) is 54.5 Å². The zero-order valence-electron chi connectivity index (χ0n) is 8.33. The molecule has 0 heterocycles. The number of carbonyl (C=O) groups is 1. The molecular weight excluding hydrogens is 180 g/mol. The van der Waals surface area contributed by atoms with E-state index in [-0.39, 0.29) is 18.1 Å². The van der Waals surface area contributed by atoms with Crippen LogP contribution >= 0.6 is 0 Å². The van der Waals surface area contributed by atoms with Gasteiger partial charge in [0.15, 0.2) is 0 Å². The second-order valence-electron chi connectivity index (χ2n) is 2.66. The Bertz CT molecular complexity index is 302. The number of ether oxygens (including phenoxy) is 1. The molecule has 0 aliphatic carbocycles. The van der Waals surface area contributed by atoms with E-state index in [1.54, 1.807) is 19.9 Å². The standard InChI is InChI=1S/C10H12N2O2/c1-4-14-10(13)6-5-8(2)9(7-11)12-3/h4-6H2,1-2H3/b9-8+. The Morgan fingerprint density at radius 2 is 2.21 bits per heavy atom. The summed E-state index contributed by atoms with van der Waals surface area (Å²) in [5.74, 6) is -0.297. The molecule has 4 heteroatoms. The fourth-order valence-electron chi connectivity index (χ4n) is 0.857. The summed E-state index contributed by atoms with van der Waals surface area (Å²) in [5.41, 5.74) is 0.699. The molecule has 0 N–H and O–H groups in total. The molecule has 0 radical (unpaired) electrons. The van der Waals surface area contributed by atoms with Gasteiger partial charge < -0.3 is 4.74 Å². The SMILES string of the molecule is [C-]#[N+]/C(C#N)=C(\C)CCC(=O)OCC. The van der Waals surface area contributed by atoms with Gasteiger partial charge in [-0.05, 0) is 13.3 Å². The van der Waals surface area contributed by atoms with Crippen molar-refractivity contribution < 1.29 is 9.53 Å². The molecule has 0 saturated heterocycles. The fourth-order valence-corrected chi connectivity index (χ4v) is 0.857. The third-order valence-corrected chi connectivity index (χ3v) is 1.63. The van der Waals surface area contributed by atoms with Crippen molar-refractivity contribution in [3.63, 3.8) is 0 Å². The minimum absolute atomic E-state index is 0.0642. The maximum Gasteiger partial charge on any atom is 0.306 e. The maximum absolute atomic E-state index is 10.9. The average Bonchev–Trinajstić information content (AvgIpc) is 2.17. The van der Waals surface area contributed by atoms with Crippen molar-refractivity contribution in [1.29, 1.82) is 5.26 Å². The lowest BCUT2D eigenvalue weighted by molar-refractivity contribution is -0.143. The van der Waals surface area contributed by atoms with E-state index in [9.17, 15) is 4.79 Å². The van der Waals surface area contributed by atoms with Crippen molar-refractivity contribution in [2.75, 3.05) is 6.61 Å². The number of nitriles is 1. The van der Waals surface area contributed by atoms with Crippen LogP contribution in [0.1, 0.15) is 26.7 Å². The van der Waals surface area contributed by atoms with Crippen LogP contribution < -0.4 is 0 Å². The van der Waals surface area contributed by atoms with E-state index in [1.165, 1.54) is 0 Å². The van der Waals surface area contributed by atoms with Crippen LogP contribution in [0.5, 0.6) is 0 Å². The van der Waals surface area contributed by atoms with Crippen molar-refractivity contribution >= 4 is 5.97 Å². The lowest BCUT2D eigenvalue weighted by Gasteiger charge is -2.01. The van der Waals surface area contributed by atoms with Crippen LogP contribution in [0.4, 0.5) is 0 Å². The normalized spacial score (nSPS) is 10.9. The number of nitrogens with zero attached hydrogens (tertiary/aromatic N) is 2. The quantitative estimate of drug-likeness (QED) is 0.389. The van der Waals surface area contributed by atoms with Gasteiger partial charge in [-0.15, -0.1) is 0 Å². The lowest BCUT2D eigenvalue weighted by Crippen LogP contribution is -2.03. The molecule has 0 amide bonds. The zero-order valence-corrected chi connectivity index (χ0v) is 8.33. The molecule has 0 aliphatic rings. The molecule has 0 aromatic rings. The van der Waals surface area contributed by atoms with Crippen molar-refractivity contribution in [2.45, 2.75) is 26.7 Å². The highest BCUT2D eigenvalue weighted by Gasteiger charge is 2.05. The first-order valence-electron chi connectivity index (χ1n) is 4.28. The van der Waals surface area contributed by atoms with Gasteiger partial charge in [0, 0.05) is 6.42 Å². The second-order valence-corrected chi connectivity index (χ2v) is 2.66. The van der Waals surface area contributed by atoms with Crippen LogP contribution in [0.25, 0.3) is 4.85 Å². The molecule has 0 saturated carbocycles. The van der Waals surface area contributed by atoms with E-state index in [1.807, 2.05) is 0 Å². The molecular formula is C10H12N2O2. The molecule has 0 rings (SSSR count). The van der Waals surface area contributed by atoms with E-state index < -0.39 is 0 Å². The molecule has 0 aliphatic heterocycles. The molecule has 74 valence electrons. The second kappa shape index (κ2) is 6.68. The molecule has 0 aromatic carbocycles. The smallest absolute Gasteiger partial charge is 0.306 e. The molecule has 0 aromatic heterocycles. The van der Waals surface area contributed by atoms with Crippen molar-refractivity contribution in [3.8, 4) is 6.07 Å². The van der Waals surface area contributed by atoms with Gasteiger partial charge in [0.1, 0.15) is 0 Å². The van der Waals surface area contributed by atoms with Crippen LogP contribution in [0.15, 0.2) is 11.3 Å². The first kappa shape index (κ1) is 12.2. The highest BCUT2D eigenvalue weighted by Crippen LogP contribution is 2.11. The monoisotopic (exact) mass is 192 g/mol. The minimum Gasteiger partial charge on any atom is -0.466 e. The molecule has 0 unspecified atom stereocenters. The Kier molecular flexibility index (Phi) is 5.82. The van der Waals surface area contributed by atoms with Gasteiger partial charge in [-0.3, -0.25) is 4.79 Å². The van der Waals surface area contributed by atoms with E-state index in [2.05, 4.69) is 4.85 Å². The summed E-state index contributed by atoms with van der Waals surface area (Å²) >= 11 is 0. The van der Waals surface area contributed by atoms with Gasteiger partial charge in [0.2, 0.25) is 0 Å². The van der Waals surface area contributed by atoms with Crippen molar-refractivity contribution in [2.24, 2.45) is 0 Å². The summed E-state index contributed by atoms with van der Waals surface area (Å²) in [6, 6.07) is 1.78. The Morgan fingerprint density at radius 1 is 1.57 bits per heavy atom. The van der Waals surface area contributed by atoms with Gasteiger partial charge in [0.05, 0.1) is 19.2 Å².